The van der Waals surface area contributed by atoms with Crippen molar-refractivity contribution in [3.63, 3.8) is 0 Å². The summed E-state index contributed by atoms with van der Waals surface area (Å²) >= 11 is 0. The Balaban J connectivity index is 1.84. The van der Waals surface area contributed by atoms with E-state index in [-0.39, 0.29) is 0 Å². The first-order valence-electron chi connectivity index (χ1n) is 5.98. The van der Waals surface area contributed by atoms with E-state index in [9.17, 15) is 0 Å². The van der Waals surface area contributed by atoms with E-state index in [0.717, 1.165) is 5.92 Å². The summed E-state index contributed by atoms with van der Waals surface area (Å²) in [6, 6.07) is 6.84. The molecule has 0 heterocycles. The number of hydrogen-bond acceptors (Lipinski definition) is 0. The normalized spacial score (nSPS) is 14.1. The average Bonchev–Trinajstić information content (AvgIpc) is 2.18. The van der Waals surface area contributed by atoms with Crippen molar-refractivity contribution in [2.45, 2.75) is 46.0 Å². The molecule has 2 rings (SSSR count). The minimum absolute atomic E-state index is 0.921. The Morgan fingerprint density at radius 3 is 2.50 bits per heavy atom. The van der Waals surface area contributed by atoms with Crippen molar-refractivity contribution in [3.05, 3.63) is 23.8 Å². The molecule has 0 amide bonds. The minimum atomic E-state index is 0.921. The third-order valence-corrected chi connectivity index (χ3v) is 3.47. The largest absolute Gasteiger partial charge is 0.0654 e. The van der Waals surface area contributed by atoms with Crippen LogP contribution in [0.5, 0.6) is 0 Å². The Morgan fingerprint density at radius 2 is 2.07 bits per heavy atom. The summed E-state index contributed by atoms with van der Waals surface area (Å²) < 4.78 is 0. The van der Waals surface area contributed by atoms with Crippen molar-refractivity contribution in [2.75, 3.05) is 0 Å². The summed E-state index contributed by atoms with van der Waals surface area (Å²) in [5.41, 5.74) is 4.66. The first kappa shape index (κ1) is 9.76. The molecular formula is C14H20. The van der Waals surface area contributed by atoms with Gasteiger partial charge in [0.2, 0.25) is 0 Å². The number of hydrogen-bond donors (Lipinski definition) is 0. The van der Waals surface area contributed by atoms with E-state index >= 15 is 0 Å². The standard InChI is InChI=1S/C14H20/c1-3-5-6-11(4-2)9-13-10-12-7-8-14(12)13/h7-8,10-11H,3-6,9H2,1-2H3. The highest BCUT2D eigenvalue weighted by atomic mass is 14.2. The molecule has 2 aliphatic rings. The highest BCUT2D eigenvalue weighted by molar-refractivity contribution is 5.80. The van der Waals surface area contributed by atoms with E-state index in [4.69, 9.17) is 0 Å². The van der Waals surface area contributed by atoms with Gasteiger partial charge in [-0.05, 0) is 29.0 Å². The molecule has 0 saturated carbocycles. The summed E-state index contributed by atoms with van der Waals surface area (Å²) in [6.45, 7) is 4.61. The molecule has 0 saturated heterocycles. The Hall–Kier alpha value is -0.780. The van der Waals surface area contributed by atoms with Crippen LogP contribution in [0.25, 0.3) is 11.1 Å². The van der Waals surface area contributed by atoms with Gasteiger partial charge in [0.15, 0.2) is 0 Å². The van der Waals surface area contributed by atoms with Crippen LogP contribution in [0.1, 0.15) is 45.1 Å². The molecule has 0 bridgehead atoms. The fourth-order valence-electron chi connectivity index (χ4n) is 2.29. The molecule has 0 aliphatic heterocycles. The second-order valence-electron chi connectivity index (χ2n) is 4.49. The molecule has 76 valence electrons. The summed E-state index contributed by atoms with van der Waals surface area (Å²) in [6.07, 6.45) is 6.80. The van der Waals surface area contributed by atoms with Crippen LogP contribution in [0.3, 0.4) is 0 Å². The predicted molar refractivity (Wildman–Crippen MR) is 62.4 cm³/mol. The Morgan fingerprint density at radius 1 is 1.21 bits per heavy atom. The molecule has 1 unspecified atom stereocenters. The molecule has 0 heteroatoms. The molecule has 0 fully saturated rings. The van der Waals surface area contributed by atoms with Crippen LogP contribution in [0.15, 0.2) is 18.2 Å². The lowest BCUT2D eigenvalue weighted by Crippen LogP contribution is -2.08. The van der Waals surface area contributed by atoms with Gasteiger partial charge in [-0.3, -0.25) is 0 Å². The molecule has 1 atom stereocenters. The van der Waals surface area contributed by atoms with Gasteiger partial charge in [0.25, 0.3) is 0 Å². The maximum Gasteiger partial charge on any atom is -0.0151 e. The van der Waals surface area contributed by atoms with Gasteiger partial charge in [0.1, 0.15) is 0 Å². The smallest absolute Gasteiger partial charge is 0.0151 e. The van der Waals surface area contributed by atoms with Crippen molar-refractivity contribution in [2.24, 2.45) is 5.92 Å². The van der Waals surface area contributed by atoms with Crippen LogP contribution in [-0.2, 0) is 6.42 Å². The van der Waals surface area contributed by atoms with Gasteiger partial charge < -0.3 is 0 Å². The van der Waals surface area contributed by atoms with Crippen molar-refractivity contribution in [1.82, 2.24) is 0 Å². The lowest BCUT2D eigenvalue weighted by atomic mass is 9.80. The van der Waals surface area contributed by atoms with Gasteiger partial charge in [0, 0.05) is 0 Å². The van der Waals surface area contributed by atoms with Gasteiger partial charge >= 0.3 is 0 Å². The molecule has 0 aromatic heterocycles. The SMILES string of the molecule is CCCCC(CC)Cc1cc2ccc1-2. The molecule has 14 heavy (non-hydrogen) atoms. The summed E-state index contributed by atoms with van der Waals surface area (Å²) in [7, 11) is 0. The van der Waals surface area contributed by atoms with E-state index < -0.39 is 0 Å². The summed E-state index contributed by atoms with van der Waals surface area (Å²) in [4.78, 5) is 0. The fraction of sp³-hybridized carbons (Fsp3) is 0.571. The van der Waals surface area contributed by atoms with E-state index in [1.807, 2.05) is 0 Å². The Labute approximate surface area is 87.3 Å². The molecule has 0 aromatic rings. The van der Waals surface area contributed by atoms with Crippen LogP contribution in [0.2, 0.25) is 0 Å². The zero-order valence-electron chi connectivity index (χ0n) is 9.34. The van der Waals surface area contributed by atoms with Gasteiger partial charge in [0.05, 0.1) is 0 Å². The zero-order chi connectivity index (χ0) is 9.97. The second-order valence-corrected chi connectivity index (χ2v) is 4.49. The maximum atomic E-state index is 2.37. The van der Waals surface area contributed by atoms with Crippen molar-refractivity contribution < 1.29 is 0 Å². The topological polar surface area (TPSA) is 0 Å². The van der Waals surface area contributed by atoms with E-state index in [1.165, 1.54) is 37.7 Å². The van der Waals surface area contributed by atoms with Crippen molar-refractivity contribution >= 4 is 0 Å². The first-order valence-corrected chi connectivity index (χ1v) is 5.98. The minimum Gasteiger partial charge on any atom is -0.0654 e. The van der Waals surface area contributed by atoms with E-state index in [0.29, 0.717) is 0 Å². The van der Waals surface area contributed by atoms with Gasteiger partial charge in [-0.15, -0.1) is 0 Å². The average molecular weight is 188 g/mol. The lowest BCUT2D eigenvalue weighted by molar-refractivity contribution is 0.448. The molecule has 0 radical (unpaired) electrons. The number of rotatable bonds is 6. The van der Waals surface area contributed by atoms with Crippen LogP contribution in [-0.4, -0.2) is 0 Å². The number of fused-ring (bicyclic) bond motifs is 1. The monoisotopic (exact) mass is 188 g/mol. The van der Waals surface area contributed by atoms with Crippen LogP contribution < -0.4 is 0 Å². The summed E-state index contributed by atoms with van der Waals surface area (Å²) in [5, 5.41) is 0. The highest BCUT2D eigenvalue weighted by Gasteiger charge is 2.18. The highest BCUT2D eigenvalue weighted by Crippen LogP contribution is 2.38. The molecule has 2 aliphatic carbocycles. The number of unbranched alkanes of at least 4 members (excludes halogenated alkanes) is 1. The van der Waals surface area contributed by atoms with Gasteiger partial charge in [-0.1, -0.05) is 57.7 Å². The zero-order valence-corrected chi connectivity index (χ0v) is 9.34. The first-order chi connectivity index (χ1) is 6.85. The molecular weight excluding hydrogens is 168 g/mol. The van der Waals surface area contributed by atoms with Gasteiger partial charge in [-0.2, -0.15) is 0 Å². The molecule has 0 N–H and O–H groups in total. The fourth-order valence-corrected chi connectivity index (χ4v) is 2.29. The van der Waals surface area contributed by atoms with Crippen molar-refractivity contribution in [3.8, 4) is 11.1 Å². The lowest BCUT2D eigenvalue weighted by Gasteiger charge is -2.24. The van der Waals surface area contributed by atoms with Crippen LogP contribution in [0.4, 0.5) is 0 Å². The van der Waals surface area contributed by atoms with Crippen molar-refractivity contribution in [1.29, 1.82) is 0 Å². The quantitative estimate of drug-likeness (QED) is 0.629. The Kier molecular flexibility index (Phi) is 2.90. The molecule has 0 spiro atoms. The molecule has 0 nitrogen and oxygen atoms in total. The van der Waals surface area contributed by atoms with E-state index in [1.54, 1.807) is 11.1 Å². The number of benzene rings is 1. The maximum absolute atomic E-state index is 2.37. The second kappa shape index (κ2) is 4.16. The van der Waals surface area contributed by atoms with Gasteiger partial charge in [-0.25, -0.2) is 0 Å². The predicted octanol–water partition coefficient (Wildman–Crippen LogP) is 4.43. The van der Waals surface area contributed by atoms with E-state index in [2.05, 4.69) is 32.0 Å². The van der Waals surface area contributed by atoms with Crippen LogP contribution >= 0.6 is 0 Å². The third kappa shape index (κ3) is 1.70. The Bertz CT molecular complexity index is 312. The van der Waals surface area contributed by atoms with Crippen LogP contribution in [0, 0.1) is 5.92 Å². The third-order valence-electron chi connectivity index (χ3n) is 3.47. The molecule has 0 aromatic carbocycles. The summed E-state index contributed by atoms with van der Waals surface area (Å²) in [5.74, 6) is 0.921.